The van der Waals surface area contributed by atoms with Gasteiger partial charge in [-0.25, -0.2) is 10.2 Å². The standard InChI is InChI=1S/C27H36N4O5/c32-22(20-28-16-7-6-12-26(33)34)13-17-31-18-14-23(15-19-31)36-27(35)30-29-25-11-5-4-10-24(25)21-8-2-1-3-9-21/h1-5,8-11,23,28-29H,6-7,12-20H2,(H,30,35)(H,33,34). The molecule has 0 radical (unpaired) electrons. The van der Waals surface area contributed by atoms with Crippen LogP contribution in [0.1, 0.15) is 38.5 Å². The maximum atomic E-state index is 12.3. The van der Waals surface area contributed by atoms with Gasteiger partial charge in [0.2, 0.25) is 0 Å². The van der Waals surface area contributed by atoms with E-state index < -0.39 is 12.1 Å². The van der Waals surface area contributed by atoms with Gasteiger partial charge in [0.1, 0.15) is 11.9 Å². The van der Waals surface area contributed by atoms with E-state index in [0.29, 0.717) is 32.5 Å². The van der Waals surface area contributed by atoms with Crippen LogP contribution in [0.4, 0.5) is 10.5 Å². The number of likely N-dealkylation sites (tertiary alicyclic amines) is 1. The zero-order valence-electron chi connectivity index (χ0n) is 20.6. The molecule has 4 N–H and O–H groups in total. The van der Waals surface area contributed by atoms with Gasteiger partial charge >= 0.3 is 12.1 Å². The highest BCUT2D eigenvalue weighted by molar-refractivity contribution is 5.80. The van der Waals surface area contributed by atoms with Crippen molar-refractivity contribution in [3.05, 3.63) is 54.6 Å². The molecule has 0 bridgehead atoms. The Labute approximate surface area is 212 Å². The number of nitrogens with one attached hydrogen (secondary N) is 3. The minimum Gasteiger partial charge on any atom is -0.481 e. The molecule has 0 saturated carbocycles. The summed E-state index contributed by atoms with van der Waals surface area (Å²) in [4.78, 5) is 37.1. The third-order valence-corrected chi connectivity index (χ3v) is 6.14. The number of amides is 1. The van der Waals surface area contributed by atoms with Crippen molar-refractivity contribution in [1.29, 1.82) is 0 Å². The lowest BCUT2D eigenvalue weighted by Crippen LogP contribution is -2.41. The van der Waals surface area contributed by atoms with Crippen molar-refractivity contribution in [1.82, 2.24) is 15.6 Å². The summed E-state index contributed by atoms with van der Waals surface area (Å²) in [6.45, 7) is 3.20. The quantitative estimate of drug-likeness (QED) is 0.231. The van der Waals surface area contributed by atoms with Gasteiger partial charge in [0, 0.05) is 38.0 Å². The molecule has 0 atom stereocenters. The van der Waals surface area contributed by atoms with E-state index in [0.717, 1.165) is 49.2 Å². The summed E-state index contributed by atoms with van der Waals surface area (Å²) < 4.78 is 5.58. The van der Waals surface area contributed by atoms with Crippen molar-refractivity contribution >= 4 is 23.5 Å². The summed E-state index contributed by atoms with van der Waals surface area (Å²) in [6.07, 6.45) is 2.78. The van der Waals surface area contributed by atoms with Crippen molar-refractivity contribution in [2.24, 2.45) is 0 Å². The van der Waals surface area contributed by atoms with E-state index in [4.69, 9.17) is 9.84 Å². The number of aliphatic carboxylic acids is 1. The molecule has 194 valence electrons. The van der Waals surface area contributed by atoms with Gasteiger partial charge in [0.15, 0.2) is 0 Å². The molecule has 1 fully saturated rings. The van der Waals surface area contributed by atoms with Crippen molar-refractivity contribution in [2.75, 3.05) is 38.1 Å². The normalized spacial score (nSPS) is 14.2. The molecule has 36 heavy (non-hydrogen) atoms. The number of hydrogen-bond acceptors (Lipinski definition) is 7. The first-order valence-electron chi connectivity index (χ1n) is 12.5. The molecule has 1 heterocycles. The van der Waals surface area contributed by atoms with Crippen molar-refractivity contribution in [3.8, 4) is 11.1 Å². The molecule has 1 amide bonds. The second-order valence-corrected chi connectivity index (χ2v) is 8.92. The molecule has 3 rings (SSSR count). The number of carboxylic acids is 1. The Morgan fingerprint density at radius 2 is 1.67 bits per heavy atom. The number of ketones is 1. The molecule has 0 spiro atoms. The fourth-order valence-electron chi connectivity index (χ4n) is 4.14. The lowest BCUT2D eigenvalue weighted by atomic mass is 10.0. The van der Waals surface area contributed by atoms with E-state index >= 15 is 0 Å². The number of rotatable bonds is 14. The Bertz CT molecular complexity index is 977. The fraction of sp³-hybridized carbons (Fsp3) is 0.444. The number of carbonyl (C=O) groups excluding carboxylic acids is 2. The summed E-state index contributed by atoms with van der Waals surface area (Å²) >= 11 is 0. The number of ether oxygens (including phenoxy) is 1. The number of anilines is 1. The van der Waals surface area contributed by atoms with E-state index in [1.807, 2.05) is 54.6 Å². The highest BCUT2D eigenvalue weighted by Gasteiger charge is 2.22. The molecule has 0 unspecified atom stereocenters. The number of nitrogens with zero attached hydrogens (tertiary/aromatic N) is 1. The molecular formula is C27H36N4O5. The van der Waals surface area contributed by atoms with Gasteiger partial charge in [0.25, 0.3) is 0 Å². The van der Waals surface area contributed by atoms with Crippen LogP contribution in [0.5, 0.6) is 0 Å². The van der Waals surface area contributed by atoms with Crippen LogP contribution in [0.3, 0.4) is 0 Å². The van der Waals surface area contributed by atoms with E-state index in [-0.39, 0.29) is 18.3 Å². The maximum Gasteiger partial charge on any atom is 0.426 e. The van der Waals surface area contributed by atoms with Gasteiger partial charge in [-0.1, -0.05) is 48.5 Å². The minimum absolute atomic E-state index is 0.146. The number of carboxylic acid groups (broad SMARTS) is 1. The Balaban J connectivity index is 1.29. The zero-order chi connectivity index (χ0) is 25.6. The van der Waals surface area contributed by atoms with Crippen LogP contribution < -0.4 is 16.2 Å². The Hall–Kier alpha value is -3.43. The van der Waals surface area contributed by atoms with Crippen LogP contribution in [-0.4, -0.2) is 66.7 Å². The summed E-state index contributed by atoms with van der Waals surface area (Å²) in [5.41, 5.74) is 8.43. The molecule has 1 aliphatic heterocycles. The third-order valence-electron chi connectivity index (χ3n) is 6.14. The lowest BCUT2D eigenvalue weighted by molar-refractivity contribution is -0.137. The van der Waals surface area contributed by atoms with Crippen LogP contribution >= 0.6 is 0 Å². The smallest absolute Gasteiger partial charge is 0.426 e. The molecule has 1 aliphatic rings. The van der Waals surface area contributed by atoms with Crippen LogP contribution in [0.2, 0.25) is 0 Å². The van der Waals surface area contributed by atoms with Gasteiger partial charge < -0.3 is 20.1 Å². The molecule has 9 nitrogen and oxygen atoms in total. The summed E-state index contributed by atoms with van der Waals surface area (Å²) in [5.74, 6) is -0.644. The van der Waals surface area contributed by atoms with Crippen LogP contribution in [0.25, 0.3) is 11.1 Å². The van der Waals surface area contributed by atoms with Gasteiger partial charge in [-0.3, -0.25) is 15.0 Å². The molecule has 9 heteroatoms. The third kappa shape index (κ3) is 9.67. The number of benzene rings is 2. The first-order valence-corrected chi connectivity index (χ1v) is 12.5. The first-order chi connectivity index (χ1) is 17.5. The number of hydrazine groups is 1. The zero-order valence-corrected chi connectivity index (χ0v) is 20.6. The van der Waals surface area contributed by atoms with Crippen molar-refractivity contribution in [2.45, 2.75) is 44.6 Å². The number of unbranched alkanes of at least 4 members (excludes halogenated alkanes) is 1. The number of Topliss-reactive ketones (excluding diaryl/α,β-unsaturated/α-hetero) is 1. The highest BCUT2D eigenvalue weighted by Crippen LogP contribution is 2.27. The van der Waals surface area contributed by atoms with Crippen molar-refractivity contribution in [3.63, 3.8) is 0 Å². The van der Waals surface area contributed by atoms with Crippen LogP contribution in [-0.2, 0) is 14.3 Å². The summed E-state index contributed by atoms with van der Waals surface area (Å²) in [6, 6.07) is 17.7. The fourth-order valence-corrected chi connectivity index (χ4v) is 4.14. The number of hydrogen-bond donors (Lipinski definition) is 4. The molecular weight excluding hydrogens is 460 g/mol. The Morgan fingerprint density at radius 3 is 2.42 bits per heavy atom. The predicted octanol–water partition coefficient (Wildman–Crippen LogP) is 3.67. The van der Waals surface area contributed by atoms with Crippen LogP contribution in [0.15, 0.2) is 54.6 Å². The number of para-hydroxylation sites is 1. The van der Waals surface area contributed by atoms with Gasteiger partial charge in [-0.2, -0.15) is 0 Å². The molecule has 2 aromatic carbocycles. The maximum absolute atomic E-state index is 12.3. The average Bonchev–Trinajstić information content (AvgIpc) is 2.89. The first kappa shape index (κ1) is 27.2. The molecule has 2 aromatic rings. The molecule has 0 aliphatic carbocycles. The summed E-state index contributed by atoms with van der Waals surface area (Å²) in [5, 5.41) is 11.7. The van der Waals surface area contributed by atoms with Gasteiger partial charge in [-0.15, -0.1) is 0 Å². The topological polar surface area (TPSA) is 120 Å². The Kier molecular flexibility index (Phi) is 11.2. The summed E-state index contributed by atoms with van der Waals surface area (Å²) in [7, 11) is 0. The predicted molar refractivity (Wildman–Crippen MR) is 139 cm³/mol. The SMILES string of the molecule is O=C(O)CCCCNCC(=O)CCN1CCC(OC(=O)NNc2ccccc2-c2ccccc2)CC1. The van der Waals surface area contributed by atoms with Crippen LogP contribution in [0, 0.1) is 0 Å². The van der Waals surface area contributed by atoms with Gasteiger partial charge in [0.05, 0.1) is 12.2 Å². The molecule has 1 saturated heterocycles. The van der Waals surface area contributed by atoms with Crippen molar-refractivity contribution < 1.29 is 24.2 Å². The lowest BCUT2D eigenvalue weighted by Gasteiger charge is -2.31. The monoisotopic (exact) mass is 496 g/mol. The highest BCUT2D eigenvalue weighted by atomic mass is 16.6. The van der Waals surface area contributed by atoms with E-state index in [9.17, 15) is 14.4 Å². The minimum atomic E-state index is -0.790. The molecule has 0 aromatic heterocycles. The average molecular weight is 497 g/mol. The van der Waals surface area contributed by atoms with E-state index in [1.165, 1.54) is 0 Å². The number of piperidine rings is 1. The largest absolute Gasteiger partial charge is 0.481 e. The number of carbonyl (C=O) groups is 3. The van der Waals surface area contributed by atoms with E-state index in [1.54, 1.807) is 0 Å². The Morgan fingerprint density at radius 1 is 0.944 bits per heavy atom. The van der Waals surface area contributed by atoms with E-state index in [2.05, 4.69) is 21.1 Å². The second-order valence-electron chi connectivity index (χ2n) is 8.92. The van der Waals surface area contributed by atoms with Gasteiger partial charge in [-0.05, 0) is 43.9 Å². The second kappa shape index (κ2) is 14.9.